The topological polar surface area (TPSA) is 87.7 Å². The molecule has 0 aliphatic heterocycles. The van der Waals surface area contributed by atoms with Crippen molar-refractivity contribution in [3.05, 3.63) is 64.2 Å². The maximum Gasteiger partial charge on any atom is 0.408 e. The first-order valence-electron chi connectivity index (χ1n) is 11.0. The van der Waals surface area contributed by atoms with E-state index in [-0.39, 0.29) is 12.5 Å². The van der Waals surface area contributed by atoms with Gasteiger partial charge in [0.2, 0.25) is 5.91 Å². The molecule has 0 saturated carbocycles. The molecule has 7 nitrogen and oxygen atoms in total. The van der Waals surface area contributed by atoms with Crippen molar-refractivity contribution in [3.8, 4) is 0 Å². The number of anilines is 1. The van der Waals surface area contributed by atoms with Crippen molar-refractivity contribution in [2.45, 2.75) is 60.1 Å². The lowest BCUT2D eigenvalue weighted by molar-refractivity contribution is -0.136. The summed E-state index contributed by atoms with van der Waals surface area (Å²) in [4.78, 5) is 39.9. The average molecular weight is 454 g/mol. The number of benzene rings is 2. The Labute approximate surface area is 196 Å². The highest BCUT2D eigenvalue weighted by molar-refractivity contribution is 5.99. The number of hydrogen-bond acceptors (Lipinski definition) is 4. The minimum atomic E-state index is -0.878. The van der Waals surface area contributed by atoms with E-state index in [0.717, 1.165) is 33.5 Å². The van der Waals surface area contributed by atoms with Crippen molar-refractivity contribution >= 4 is 23.6 Å². The molecule has 0 fully saturated rings. The summed E-state index contributed by atoms with van der Waals surface area (Å²) < 4.78 is 5.20. The van der Waals surface area contributed by atoms with Gasteiger partial charge in [0.25, 0.3) is 5.91 Å². The number of carbonyl (C=O) groups is 3. The fraction of sp³-hybridized carbons (Fsp3) is 0.423. The van der Waals surface area contributed by atoms with Gasteiger partial charge in [0, 0.05) is 12.7 Å². The Balaban J connectivity index is 2.32. The molecule has 2 aromatic rings. The van der Waals surface area contributed by atoms with Gasteiger partial charge in [-0.15, -0.1) is 0 Å². The number of ether oxygens (including phenoxy) is 1. The smallest absolute Gasteiger partial charge is 0.408 e. The lowest BCUT2D eigenvalue weighted by Crippen LogP contribution is -2.44. The zero-order valence-corrected chi connectivity index (χ0v) is 20.8. The van der Waals surface area contributed by atoms with Crippen LogP contribution in [0.25, 0.3) is 0 Å². The van der Waals surface area contributed by atoms with Gasteiger partial charge in [-0.05, 0) is 70.7 Å². The van der Waals surface area contributed by atoms with Gasteiger partial charge in [0.15, 0.2) is 0 Å². The molecule has 1 unspecified atom stereocenters. The van der Waals surface area contributed by atoms with Crippen molar-refractivity contribution in [2.75, 3.05) is 18.9 Å². The van der Waals surface area contributed by atoms with E-state index < -0.39 is 23.6 Å². The number of para-hydroxylation sites is 1. The predicted molar refractivity (Wildman–Crippen MR) is 130 cm³/mol. The summed E-state index contributed by atoms with van der Waals surface area (Å²) >= 11 is 0. The monoisotopic (exact) mass is 453 g/mol. The van der Waals surface area contributed by atoms with E-state index in [2.05, 4.69) is 10.6 Å². The third-order valence-electron chi connectivity index (χ3n) is 5.27. The minimum absolute atomic E-state index is 0.288. The van der Waals surface area contributed by atoms with Gasteiger partial charge < -0.3 is 20.3 Å². The van der Waals surface area contributed by atoms with Crippen LogP contribution in [0.5, 0.6) is 0 Å². The molecule has 0 aliphatic carbocycles. The summed E-state index contributed by atoms with van der Waals surface area (Å²) in [6.45, 7) is 12.6. The fourth-order valence-corrected chi connectivity index (χ4v) is 3.51. The molecular formula is C26H35N3O4. The van der Waals surface area contributed by atoms with Gasteiger partial charge in [-0.3, -0.25) is 9.59 Å². The van der Waals surface area contributed by atoms with Crippen LogP contribution in [0.4, 0.5) is 10.5 Å². The van der Waals surface area contributed by atoms with Gasteiger partial charge in [-0.2, -0.15) is 0 Å². The van der Waals surface area contributed by atoms with E-state index >= 15 is 0 Å². The highest BCUT2D eigenvalue weighted by Gasteiger charge is 2.31. The van der Waals surface area contributed by atoms with Crippen molar-refractivity contribution in [3.63, 3.8) is 0 Å². The third kappa shape index (κ3) is 7.07. The predicted octanol–water partition coefficient (Wildman–Crippen LogP) is 4.58. The zero-order chi connectivity index (χ0) is 24.9. The number of nitrogens with one attached hydrogen (secondary N) is 2. The summed E-state index contributed by atoms with van der Waals surface area (Å²) in [7, 11) is 1.57. The second kappa shape index (κ2) is 10.5. The normalized spacial score (nSPS) is 12.0. The average Bonchev–Trinajstić information content (AvgIpc) is 2.70. The van der Waals surface area contributed by atoms with E-state index in [1.807, 2.05) is 64.1 Å². The standard InChI is InChI=1S/C26H35N3O4/c1-16-12-13-17(2)20(14-16)23(24(31)28-22-18(3)10-9-11-19(22)4)29(8)21(30)15-27-25(32)33-26(5,6)7/h9-14,23H,15H2,1-8H3,(H,27,32)(H,28,31). The molecule has 7 heteroatoms. The molecule has 2 aromatic carbocycles. The molecule has 33 heavy (non-hydrogen) atoms. The lowest BCUT2D eigenvalue weighted by Gasteiger charge is -2.30. The van der Waals surface area contributed by atoms with Gasteiger partial charge in [-0.1, -0.05) is 42.0 Å². The highest BCUT2D eigenvalue weighted by Crippen LogP contribution is 2.28. The molecule has 2 N–H and O–H groups in total. The van der Waals surface area contributed by atoms with E-state index in [9.17, 15) is 14.4 Å². The summed E-state index contributed by atoms with van der Waals surface area (Å²) in [5.74, 6) is -0.738. The first-order chi connectivity index (χ1) is 15.3. The first kappa shape index (κ1) is 25.9. The van der Waals surface area contributed by atoms with Crippen LogP contribution in [0.2, 0.25) is 0 Å². The number of likely N-dealkylation sites (N-methyl/N-ethyl adjacent to an activating group) is 1. The molecule has 0 radical (unpaired) electrons. The van der Waals surface area contributed by atoms with Gasteiger partial charge in [0.05, 0.1) is 0 Å². The molecule has 2 rings (SSSR count). The van der Waals surface area contributed by atoms with E-state index in [1.54, 1.807) is 27.8 Å². The Morgan fingerprint density at radius 1 is 0.970 bits per heavy atom. The molecule has 0 heterocycles. The Kier molecular flexibility index (Phi) is 8.25. The van der Waals surface area contributed by atoms with Crippen LogP contribution in [0.15, 0.2) is 36.4 Å². The molecule has 0 aliphatic rings. The van der Waals surface area contributed by atoms with Crippen LogP contribution in [0, 0.1) is 27.7 Å². The van der Waals surface area contributed by atoms with Gasteiger partial charge in [-0.25, -0.2) is 4.79 Å². The Hall–Kier alpha value is -3.35. The molecule has 0 aromatic heterocycles. The quantitative estimate of drug-likeness (QED) is 0.670. The van der Waals surface area contributed by atoms with E-state index in [4.69, 9.17) is 4.74 Å². The summed E-state index contributed by atoms with van der Waals surface area (Å²) in [5, 5.41) is 5.49. The SMILES string of the molecule is Cc1ccc(C)c(C(C(=O)Nc2c(C)cccc2C)N(C)C(=O)CNC(=O)OC(C)(C)C)c1. The van der Waals surface area contributed by atoms with Crippen LogP contribution in [-0.4, -0.2) is 42.0 Å². The minimum Gasteiger partial charge on any atom is -0.444 e. The van der Waals surface area contributed by atoms with Crippen molar-refractivity contribution in [1.29, 1.82) is 0 Å². The van der Waals surface area contributed by atoms with E-state index in [0.29, 0.717) is 0 Å². The van der Waals surface area contributed by atoms with E-state index in [1.165, 1.54) is 4.90 Å². The first-order valence-corrected chi connectivity index (χ1v) is 11.0. The Morgan fingerprint density at radius 2 is 1.58 bits per heavy atom. The van der Waals surface area contributed by atoms with Crippen LogP contribution < -0.4 is 10.6 Å². The lowest BCUT2D eigenvalue weighted by atomic mass is 9.96. The third-order valence-corrected chi connectivity index (χ3v) is 5.27. The van der Waals surface area contributed by atoms with Crippen molar-refractivity contribution in [2.24, 2.45) is 0 Å². The van der Waals surface area contributed by atoms with Crippen LogP contribution in [0.1, 0.15) is 54.6 Å². The number of nitrogens with zero attached hydrogens (tertiary/aromatic N) is 1. The van der Waals surface area contributed by atoms with Crippen LogP contribution in [0.3, 0.4) is 0 Å². The molecule has 178 valence electrons. The number of aryl methyl sites for hydroxylation is 4. The summed E-state index contributed by atoms with van der Waals surface area (Å²) in [6.07, 6.45) is -0.687. The van der Waals surface area contributed by atoms with Gasteiger partial charge >= 0.3 is 6.09 Å². The Bertz CT molecular complexity index is 1020. The Morgan fingerprint density at radius 3 is 2.15 bits per heavy atom. The van der Waals surface area contributed by atoms with Gasteiger partial charge in [0.1, 0.15) is 18.2 Å². The number of hydrogen-bond donors (Lipinski definition) is 2. The zero-order valence-electron chi connectivity index (χ0n) is 20.8. The summed E-state index contributed by atoms with van der Waals surface area (Å²) in [5.41, 5.74) is 4.52. The second-order valence-corrected chi connectivity index (χ2v) is 9.38. The molecule has 0 bridgehead atoms. The molecule has 0 spiro atoms. The van der Waals surface area contributed by atoms with Crippen molar-refractivity contribution in [1.82, 2.24) is 10.2 Å². The maximum atomic E-state index is 13.5. The highest BCUT2D eigenvalue weighted by atomic mass is 16.6. The number of amides is 3. The molecule has 3 amide bonds. The molecule has 0 saturated heterocycles. The number of alkyl carbamates (subject to hydrolysis) is 1. The number of rotatable bonds is 6. The van der Waals surface area contributed by atoms with Crippen LogP contribution >= 0.6 is 0 Å². The second-order valence-electron chi connectivity index (χ2n) is 9.38. The molecule has 1 atom stereocenters. The maximum absolute atomic E-state index is 13.5. The van der Waals surface area contributed by atoms with Crippen LogP contribution in [-0.2, 0) is 14.3 Å². The fourth-order valence-electron chi connectivity index (χ4n) is 3.51. The number of carbonyl (C=O) groups excluding carboxylic acids is 3. The molecular weight excluding hydrogens is 418 g/mol. The van der Waals surface area contributed by atoms with Crippen molar-refractivity contribution < 1.29 is 19.1 Å². The summed E-state index contributed by atoms with van der Waals surface area (Å²) in [6, 6.07) is 10.7. The largest absolute Gasteiger partial charge is 0.444 e.